The number of amides is 3. The molecule has 208 valence electrons. The van der Waals surface area contributed by atoms with Crippen LogP contribution in [0.3, 0.4) is 0 Å². The van der Waals surface area contributed by atoms with E-state index in [0.717, 1.165) is 35.9 Å². The molecule has 2 saturated heterocycles. The standard InChI is InChI=1S/C26H28ClN3O7S2/c1-36-21-9-6-17(14-22(21)37-2)15-23-25(32)30(26(33)38-23)13-10-28-24(31)19-16-18(7-8-20(19)27)39(34,35)29-11-4-3-5-12-29/h6-9,14-16H,3-5,10-13H2,1-2H3,(H,28,31). The number of halogens is 1. The van der Waals surface area contributed by atoms with Gasteiger partial charge in [0.15, 0.2) is 11.5 Å². The van der Waals surface area contributed by atoms with Gasteiger partial charge >= 0.3 is 0 Å². The minimum atomic E-state index is -3.75. The molecule has 0 unspecified atom stereocenters. The molecule has 2 aromatic rings. The topological polar surface area (TPSA) is 122 Å². The smallest absolute Gasteiger partial charge is 0.293 e. The molecule has 39 heavy (non-hydrogen) atoms. The summed E-state index contributed by atoms with van der Waals surface area (Å²) >= 11 is 7.00. The van der Waals surface area contributed by atoms with Gasteiger partial charge in [0.25, 0.3) is 17.1 Å². The van der Waals surface area contributed by atoms with Crippen LogP contribution >= 0.6 is 23.4 Å². The first-order valence-corrected chi connectivity index (χ1v) is 14.8. The Morgan fingerprint density at radius 3 is 2.46 bits per heavy atom. The van der Waals surface area contributed by atoms with Crippen LogP contribution in [0.1, 0.15) is 35.2 Å². The van der Waals surface area contributed by atoms with Crippen molar-refractivity contribution in [3.05, 3.63) is 57.5 Å². The van der Waals surface area contributed by atoms with Gasteiger partial charge in [-0.05, 0) is 66.6 Å². The van der Waals surface area contributed by atoms with Crippen LogP contribution in [-0.4, -0.2) is 75.1 Å². The van der Waals surface area contributed by atoms with Crippen molar-refractivity contribution in [2.24, 2.45) is 0 Å². The van der Waals surface area contributed by atoms with Gasteiger partial charge < -0.3 is 14.8 Å². The van der Waals surface area contributed by atoms with Crippen molar-refractivity contribution in [3.8, 4) is 11.5 Å². The molecule has 3 amide bonds. The van der Waals surface area contributed by atoms with Crippen LogP contribution in [0.5, 0.6) is 11.5 Å². The fourth-order valence-electron chi connectivity index (χ4n) is 4.26. The fourth-order valence-corrected chi connectivity index (χ4v) is 6.87. The Bertz CT molecular complexity index is 1420. The van der Waals surface area contributed by atoms with Gasteiger partial charge in [-0.1, -0.05) is 24.1 Å². The zero-order chi connectivity index (χ0) is 28.2. The summed E-state index contributed by atoms with van der Waals surface area (Å²) in [5.74, 6) is -0.0712. The highest BCUT2D eigenvalue weighted by molar-refractivity contribution is 8.18. The second-order valence-electron chi connectivity index (χ2n) is 8.81. The molecule has 0 spiro atoms. The molecular formula is C26H28ClN3O7S2. The van der Waals surface area contributed by atoms with E-state index < -0.39 is 27.1 Å². The molecule has 2 aliphatic heterocycles. The van der Waals surface area contributed by atoms with Gasteiger partial charge in [-0.2, -0.15) is 4.31 Å². The van der Waals surface area contributed by atoms with E-state index in [9.17, 15) is 22.8 Å². The van der Waals surface area contributed by atoms with Gasteiger partial charge in [0.1, 0.15) is 0 Å². The molecule has 2 fully saturated rings. The Balaban J connectivity index is 1.40. The van der Waals surface area contributed by atoms with Crippen molar-refractivity contribution in [1.29, 1.82) is 0 Å². The Labute approximate surface area is 236 Å². The van der Waals surface area contributed by atoms with Crippen molar-refractivity contribution < 1.29 is 32.3 Å². The van der Waals surface area contributed by atoms with Gasteiger partial charge in [0, 0.05) is 26.2 Å². The monoisotopic (exact) mass is 593 g/mol. The minimum absolute atomic E-state index is 0.00256. The highest BCUT2D eigenvalue weighted by Gasteiger charge is 2.35. The van der Waals surface area contributed by atoms with E-state index in [1.165, 1.54) is 36.7 Å². The van der Waals surface area contributed by atoms with Crippen LogP contribution in [0.2, 0.25) is 5.02 Å². The number of rotatable bonds is 9. The zero-order valence-electron chi connectivity index (χ0n) is 21.4. The third-order valence-corrected chi connectivity index (χ3v) is 9.47. The Morgan fingerprint density at radius 2 is 1.77 bits per heavy atom. The number of carbonyl (C=O) groups is 3. The normalized spacial score (nSPS) is 17.5. The quantitative estimate of drug-likeness (QED) is 0.433. The summed E-state index contributed by atoms with van der Waals surface area (Å²) in [7, 11) is -0.732. The average molecular weight is 594 g/mol. The fraction of sp³-hybridized carbons (Fsp3) is 0.346. The summed E-state index contributed by atoms with van der Waals surface area (Å²) in [6.45, 7) is 0.763. The summed E-state index contributed by atoms with van der Waals surface area (Å²) in [6.07, 6.45) is 4.14. The van der Waals surface area contributed by atoms with Crippen LogP contribution in [-0.2, 0) is 14.8 Å². The van der Waals surface area contributed by atoms with E-state index in [1.54, 1.807) is 24.3 Å². The summed E-state index contributed by atoms with van der Waals surface area (Å²) in [5.41, 5.74) is 0.651. The molecule has 0 aromatic heterocycles. The Morgan fingerprint density at radius 1 is 1.05 bits per heavy atom. The lowest BCUT2D eigenvalue weighted by Gasteiger charge is -2.26. The van der Waals surface area contributed by atoms with Crippen molar-refractivity contribution in [2.45, 2.75) is 24.2 Å². The third-order valence-electron chi connectivity index (χ3n) is 6.34. The molecule has 4 rings (SSSR count). The number of ether oxygens (including phenoxy) is 2. The number of nitrogens with one attached hydrogen (secondary N) is 1. The first kappa shape index (κ1) is 28.9. The van der Waals surface area contributed by atoms with E-state index in [0.29, 0.717) is 30.2 Å². The second kappa shape index (κ2) is 12.4. The number of methoxy groups -OCH3 is 2. The lowest BCUT2D eigenvalue weighted by Crippen LogP contribution is -2.37. The molecule has 0 saturated carbocycles. The largest absolute Gasteiger partial charge is 0.493 e. The molecule has 0 radical (unpaired) electrons. The molecule has 0 bridgehead atoms. The summed E-state index contributed by atoms with van der Waals surface area (Å²) in [5, 5.41) is 2.25. The van der Waals surface area contributed by atoms with Crippen LogP contribution in [0.15, 0.2) is 46.2 Å². The van der Waals surface area contributed by atoms with Gasteiger partial charge in [-0.25, -0.2) is 8.42 Å². The number of imide groups is 1. The number of hydrogen-bond donors (Lipinski definition) is 1. The van der Waals surface area contributed by atoms with Gasteiger partial charge in [-0.15, -0.1) is 0 Å². The number of nitrogens with zero attached hydrogens (tertiary/aromatic N) is 2. The number of hydrogen-bond acceptors (Lipinski definition) is 8. The number of benzene rings is 2. The second-order valence-corrected chi connectivity index (χ2v) is 12.1. The predicted molar refractivity (Wildman–Crippen MR) is 149 cm³/mol. The first-order valence-electron chi connectivity index (χ1n) is 12.2. The van der Waals surface area contributed by atoms with Crippen LogP contribution in [0.25, 0.3) is 6.08 Å². The molecule has 0 aliphatic carbocycles. The van der Waals surface area contributed by atoms with E-state index in [4.69, 9.17) is 21.1 Å². The molecule has 2 aromatic carbocycles. The SMILES string of the molecule is COc1ccc(C=C2SC(=O)N(CCNC(=O)c3cc(S(=O)(=O)N4CCCCC4)ccc3Cl)C2=O)cc1OC. The molecule has 2 aliphatic rings. The first-order chi connectivity index (χ1) is 18.6. The lowest BCUT2D eigenvalue weighted by atomic mass is 10.2. The molecule has 1 N–H and O–H groups in total. The molecule has 0 atom stereocenters. The maximum atomic E-state index is 13.0. The van der Waals surface area contributed by atoms with Crippen molar-refractivity contribution in [1.82, 2.24) is 14.5 Å². The summed E-state index contributed by atoms with van der Waals surface area (Å²) in [6, 6.07) is 9.14. The van der Waals surface area contributed by atoms with Crippen LogP contribution < -0.4 is 14.8 Å². The van der Waals surface area contributed by atoms with Crippen molar-refractivity contribution >= 4 is 56.5 Å². The van der Waals surface area contributed by atoms with Crippen LogP contribution in [0, 0.1) is 0 Å². The van der Waals surface area contributed by atoms with Crippen LogP contribution in [0.4, 0.5) is 4.79 Å². The Kier molecular flexibility index (Phi) is 9.21. The average Bonchev–Trinajstić information content (AvgIpc) is 3.20. The Hall–Kier alpha value is -3.06. The highest BCUT2D eigenvalue weighted by Crippen LogP contribution is 2.34. The predicted octanol–water partition coefficient (Wildman–Crippen LogP) is 4.00. The molecule has 13 heteroatoms. The van der Waals surface area contributed by atoms with E-state index in [1.807, 2.05) is 0 Å². The van der Waals surface area contributed by atoms with Crippen molar-refractivity contribution in [3.63, 3.8) is 0 Å². The van der Waals surface area contributed by atoms with Crippen molar-refractivity contribution in [2.75, 3.05) is 40.4 Å². The molecule has 2 heterocycles. The number of thioether (sulfide) groups is 1. The minimum Gasteiger partial charge on any atom is -0.493 e. The van der Waals surface area contributed by atoms with E-state index in [2.05, 4.69) is 5.32 Å². The number of carbonyl (C=O) groups excluding carboxylic acids is 3. The van der Waals surface area contributed by atoms with Gasteiger partial charge in [-0.3, -0.25) is 19.3 Å². The summed E-state index contributed by atoms with van der Waals surface area (Å²) in [4.78, 5) is 39.5. The van der Waals surface area contributed by atoms with Gasteiger partial charge in [0.05, 0.1) is 34.6 Å². The van der Waals surface area contributed by atoms with E-state index in [-0.39, 0.29) is 33.5 Å². The lowest BCUT2D eigenvalue weighted by molar-refractivity contribution is -0.122. The molecular weight excluding hydrogens is 566 g/mol. The van der Waals surface area contributed by atoms with Gasteiger partial charge in [0.2, 0.25) is 10.0 Å². The number of sulfonamides is 1. The number of piperidine rings is 1. The zero-order valence-corrected chi connectivity index (χ0v) is 23.8. The maximum Gasteiger partial charge on any atom is 0.293 e. The maximum absolute atomic E-state index is 13.0. The molecule has 10 nitrogen and oxygen atoms in total. The van der Waals surface area contributed by atoms with E-state index >= 15 is 0 Å². The highest BCUT2D eigenvalue weighted by atomic mass is 35.5. The third kappa shape index (κ3) is 6.40. The summed E-state index contributed by atoms with van der Waals surface area (Å²) < 4.78 is 37.9.